The largest absolute Gasteiger partial charge is 0.456 e. The van der Waals surface area contributed by atoms with Gasteiger partial charge in [-0.25, -0.2) is 15.0 Å². The average Bonchev–Trinajstić information content (AvgIpc) is 3.56. The van der Waals surface area contributed by atoms with Crippen molar-refractivity contribution in [1.29, 1.82) is 0 Å². The van der Waals surface area contributed by atoms with Gasteiger partial charge in [-0.15, -0.1) is 0 Å². The molecule has 0 unspecified atom stereocenters. The van der Waals surface area contributed by atoms with Crippen molar-refractivity contribution in [2.75, 3.05) is 0 Å². The summed E-state index contributed by atoms with van der Waals surface area (Å²) in [5, 5.41) is 2.08. The number of aromatic nitrogens is 3. The molecule has 2 heterocycles. The van der Waals surface area contributed by atoms with Crippen LogP contribution in [0.5, 0.6) is 0 Å². The molecule has 2 aromatic heterocycles. The third kappa shape index (κ3) is 5.56. The lowest BCUT2D eigenvalue weighted by atomic mass is 10.0. The van der Waals surface area contributed by atoms with Crippen LogP contribution in [0, 0.1) is 0 Å². The van der Waals surface area contributed by atoms with Crippen LogP contribution in [0.15, 0.2) is 180 Å². The smallest absolute Gasteiger partial charge is 0.164 e. The Balaban J connectivity index is 1.15. The van der Waals surface area contributed by atoms with Crippen molar-refractivity contribution in [2.24, 2.45) is 0 Å². The zero-order chi connectivity index (χ0) is 32.6. The molecule has 0 aliphatic rings. The molecule has 4 nitrogen and oxygen atoms in total. The Morgan fingerprint density at radius 2 is 0.653 bits per heavy atom. The molecule has 0 aliphatic carbocycles. The van der Waals surface area contributed by atoms with E-state index in [1.54, 1.807) is 0 Å². The monoisotopic (exact) mass is 627 g/mol. The van der Waals surface area contributed by atoms with Gasteiger partial charge in [0.25, 0.3) is 0 Å². The van der Waals surface area contributed by atoms with Gasteiger partial charge in [0, 0.05) is 27.5 Å². The van der Waals surface area contributed by atoms with Crippen LogP contribution in [-0.4, -0.2) is 15.0 Å². The molecule has 9 rings (SSSR count). The molecule has 0 radical (unpaired) electrons. The maximum absolute atomic E-state index is 6.33. The second-order valence-corrected chi connectivity index (χ2v) is 12.1. The van der Waals surface area contributed by atoms with Crippen molar-refractivity contribution in [3.05, 3.63) is 176 Å². The molecule has 0 saturated carbocycles. The Kier molecular flexibility index (Phi) is 7.10. The van der Waals surface area contributed by atoms with Gasteiger partial charge in [0.1, 0.15) is 11.2 Å². The molecule has 9 aromatic rings. The zero-order valence-electron chi connectivity index (χ0n) is 26.5. The molecule has 0 N–H and O–H groups in total. The summed E-state index contributed by atoms with van der Waals surface area (Å²) in [6.07, 6.45) is 0. The Bertz CT molecular complexity index is 2460. The summed E-state index contributed by atoms with van der Waals surface area (Å²) in [5.41, 5.74) is 11.3. The maximum atomic E-state index is 6.33. The Morgan fingerprint density at radius 3 is 1.16 bits per heavy atom. The second-order valence-electron chi connectivity index (χ2n) is 12.1. The fourth-order valence-corrected chi connectivity index (χ4v) is 6.37. The lowest BCUT2D eigenvalue weighted by Gasteiger charge is -2.10. The predicted octanol–water partition coefficient (Wildman–Crippen LogP) is 11.8. The van der Waals surface area contributed by atoms with E-state index in [9.17, 15) is 0 Å². The minimum absolute atomic E-state index is 0.608. The first-order valence-electron chi connectivity index (χ1n) is 16.4. The maximum Gasteiger partial charge on any atom is 0.164 e. The molecule has 7 aromatic carbocycles. The number of rotatable bonds is 6. The van der Waals surface area contributed by atoms with Crippen molar-refractivity contribution in [2.45, 2.75) is 0 Å². The van der Waals surface area contributed by atoms with Crippen LogP contribution in [-0.2, 0) is 0 Å². The summed E-state index contributed by atoms with van der Waals surface area (Å²) in [4.78, 5) is 15.1. The lowest BCUT2D eigenvalue weighted by Crippen LogP contribution is -2.00. The number of nitrogens with zero attached hydrogens (tertiary/aromatic N) is 3. The van der Waals surface area contributed by atoms with E-state index in [1.807, 2.05) is 30.3 Å². The molecule has 230 valence electrons. The van der Waals surface area contributed by atoms with Crippen molar-refractivity contribution in [3.8, 4) is 67.5 Å². The van der Waals surface area contributed by atoms with Crippen LogP contribution < -0.4 is 0 Å². The molecule has 0 aliphatic heterocycles. The molecule has 4 heteroatoms. The van der Waals surface area contributed by atoms with Gasteiger partial charge in [0.05, 0.1) is 0 Å². The number of hydrogen-bond donors (Lipinski definition) is 0. The molecule has 0 spiro atoms. The normalized spacial score (nSPS) is 11.3. The van der Waals surface area contributed by atoms with Gasteiger partial charge in [0.2, 0.25) is 0 Å². The van der Waals surface area contributed by atoms with Gasteiger partial charge in [-0.05, 0) is 63.7 Å². The van der Waals surface area contributed by atoms with E-state index in [2.05, 4.69) is 146 Å². The molecule has 0 saturated heterocycles. The SMILES string of the molecule is c1ccc(-c2ccc(-c3nc(-c4ccc(-c5ccccc5)cc4)nc(-c4ccc5oc6cc(-c7ccccc7)ccc6c5c4)n3)cc2)cc1. The molecular formula is C45H29N3O. The Hall–Kier alpha value is -6.65. The second kappa shape index (κ2) is 12.2. The van der Waals surface area contributed by atoms with Crippen LogP contribution in [0.1, 0.15) is 0 Å². The van der Waals surface area contributed by atoms with Gasteiger partial charge < -0.3 is 4.42 Å². The van der Waals surface area contributed by atoms with Crippen molar-refractivity contribution in [1.82, 2.24) is 15.0 Å². The van der Waals surface area contributed by atoms with Crippen molar-refractivity contribution < 1.29 is 4.42 Å². The minimum atomic E-state index is 0.608. The Morgan fingerprint density at radius 1 is 0.265 bits per heavy atom. The van der Waals surface area contributed by atoms with Crippen LogP contribution in [0.4, 0.5) is 0 Å². The first-order valence-corrected chi connectivity index (χ1v) is 16.4. The van der Waals surface area contributed by atoms with Gasteiger partial charge in [-0.2, -0.15) is 0 Å². The first kappa shape index (κ1) is 28.6. The highest BCUT2D eigenvalue weighted by Crippen LogP contribution is 2.35. The fraction of sp³-hybridized carbons (Fsp3) is 0. The van der Waals surface area contributed by atoms with Crippen molar-refractivity contribution >= 4 is 21.9 Å². The molecular weight excluding hydrogens is 599 g/mol. The molecule has 0 fully saturated rings. The van der Waals surface area contributed by atoms with E-state index >= 15 is 0 Å². The molecule has 0 atom stereocenters. The van der Waals surface area contributed by atoms with Gasteiger partial charge in [-0.3, -0.25) is 0 Å². The molecule has 49 heavy (non-hydrogen) atoms. The van der Waals surface area contributed by atoms with E-state index in [0.717, 1.165) is 60.9 Å². The number of hydrogen-bond acceptors (Lipinski definition) is 4. The highest BCUT2D eigenvalue weighted by Gasteiger charge is 2.16. The number of benzene rings is 7. The van der Waals surface area contributed by atoms with Crippen LogP contribution in [0.25, 0.3) is 89.5 Å². The highest BCUT2D eigenvalue weighted by molar-refractivity contribution is 6.07. The number of fused-ring (bicyclic) bond motifs is 3. The first-order chi connectivity index (χ1) is 24.2. The summed E-state index contributed by atoms with van der Waals surface area (Å²) in [6, 6.07) is 60.5. The third-order valence-corrected chi connectivity index (χ3v) is 8.97. The van der Waals surface area contributed by atoms with E-state index in [1.165, 1.54) is 11.1 Å². The molecule has 0 amide bonds. The topological polar surface area (TPSA) is 51.8 Å². The van der Waals surface area contributed by atoms with E-state index < -0.39 is 0 Å². The quantitative estimate of drug-likeness (QED) is 0.184. The van der Waals surface area contributed by atoms with Crippen LogP contribution >= 0.6 is 0 Å². The van der Waals surface area contributed by atoms with Crippen LogP contribution in [0.3, 0.4) is 0 Å². The summed E-state index contributed by atoms with van der Waals surface area (Å²) < 4.78 is 6.33. The van der Waals surface area contributed by atoms with Gasteiger partial charge in [-0.1, -0.05) is 146 Å². The van der Waals surface area contributed by atoms with Gasteiger partial charge >= 0.3 is 0 Å². The highest BCUT2D eigenvalue weighted by atomic mass is 16.3. The zero-order valence-corrected chi connectivity index (χ0v) is 26.5. The lowest BCUT2D eigenvalue weighted by molar-refractivity contribution is 0.669. The fourth-order valence-electron chi connectivity index (χ4n) is 6.37. The minimum Gasteiger partial charge on any atom is -0.456 e. The van der Waals surface area contributed by atoms with Crippen molar-refractivity contribution in [3.63, 3.8) is 0 Å². The summed E-state index contributed by atoms with van der Waals surface area (Å²) >= 11 is 0. The Labute approximate surface area is 284 Å². The van der Waals surface area contributed by atoms with Gasteiger partial charge in [0.15, 0.2) is 17.5 Å². The van der Waals surface area contributed by atoms with E-state index in [4.69, 9.17) is 19.4 Å². The standard InChI is InChI=1S/C45H29N3O/c1-4-10-30(11-5-1)33-16-20-35(21-17-33)43-46-44(36-22-18-34(19-23-36)31-12-6-2-7-13-31)48-45(47-43)38-25-27-41-40(28-38)39-26-24-37(29-42(39)49-41)32-14-8-3-9-15-32/h1-29H. The summed E-state index contributed by atoms with van der Waals surface area (Å²) in [5.74, 6) is 1.85. The third-order valence-electron chi connectivity index (χ3n) is 8.97. The average molecular weight is 628 g/mol. The van der Waals surface area contributed by atoms with Crippen LogP contribution in [0.2, 0.25) is 0 Å². The summed E-state index contributed by atoms with van der Waals surface area (Å²) in [6.45, 7) is 0. The predicted molar refractivity (Wildman–Crippen MR) is 200 cm³/mol. The number of furan rings is 1. The summed E-state index contributed by atoms with van der Waals surface area (Å²) in [7, 11) is 0. The van der Waals surface area contributed by atoms with E-state index in [0.29, 0.717) is 17.5 Å². The van der Waals surface area contributed by atoms with E-state index in [-0.39, 0.29) is 0 Å². The molecule has 0 bridgehead atoms.